The van der Waals surface area contributed by atoms with Crippen molar-refractivity contribution in [2.75, 3.05) is 13.1 Å². The minimum absolute atomic E-state index is 0.0354. The van der Waals surface area contributed by atoms with Crippen molar-refractivity contribution in [2.45, 2.75) is 31.8 Å². The number of aliphatic carboxylic acids is 1. The molecule has 2 aromatic rings. The van der Waals surface area contributed by atoms with Gasteiger partial charge in [0.25, 0.3) is 5.91 Å². The first-order valence-electron chi connectivity index (χ1n) is 7.92. The zero-order valence-electron chi connectivity index (χ0n) is 13.4. The number of carbonyl (C=O) groups excluding carboxylic acids is 1. The van der Waals surface area contributed by atoms with E-state index in [1.54, 1.807) is 24.5 Å². The number of H-pyrrole nitrogens is 1. The second kappa shape index (κ2) is 6.88. The van der Waals surface area contributed by atoms with E-state index in [0.29, 0.717) is 23.7 Å². The van der Waals surface area contributed by atoms with Crippen LogP contribution in [0, 0.1) is 0 Å². The van der Waals surface area contributed by atoms with Gasteiger partial charge in [-0.25, -0.2) is 0 Å². The van der Waals surface area contributed by atoms with Crippen LogP contribution in [-0.2, 0) is 4.79 Å². The molecule has 24 heavy (non-hydrogen) atoms. The molecule has 1 fully saturated rings. The van der Waals surface area contributed by atoms with Gasteiger partial charge in [0.05, 0.1) is 12.8 Å². The molecule has 0 radical (unpaired) electrons. The molecule has 1 aliphatic carbocycles. The average molecular weight is 332 g/mol. The minimum atomic E-state index is -0.827. The van der Waals surface area contributed by atoms with Gasteiger partial charge in [-0.2, -0.15) is 5.10 Å². The van der Waals surface area contributed by atoms with Crippen LogP contribution in [-0.4, -0.2) is 57.3 Å². The highest BCUT2D eigenvalue weighted by atomic mass is 16.4. The van der Waals surface area contributed by atoms with Crippen LogP contribution in [0.4, 0.5) is 0 Å². The second-order valence-corrected chi connectivity index (χ2v) is 5.90. The Kier molecular flexibility index (Phi) is 4.66. The Balaban J connectivity index is 1.51. The maximum Gasteiger partial charge on any atom is 0.317 e. The predicted octanol–water partition coefficient (Wildman–Crippen LogP) is 1.34. The summed E-state index contributed by atoms with van der Waals surface area (Å²) in [6.07, 6.45) is 3.06. The molecule has 0 aromatic carbocycles. The third-order valence-electron chi connectivity index (χ3n) is 4.31. The molecule has 3 rings (SSSR count). The van der Waals surface area contributed by atoms with Crippen LogP contribution < -0.4 is 5.32 Å². The molecule has 0 spiro atoms. The molecule has 0 aliphatic heterocycles. The SMILES string of the molecule is CCN(CC(=O)O)C1CC(NC(=O)c2cc(-c3ccco3)[nH]n2)C1. The van der Waals surface area contributed by atoms with Crippen molar-refractivity contribution in [2.24, 2.45) is 0 Å². The third kappa shape index (κ3) is 3.48. The first kappa shape index (κ1) is 16.3. The Morgan fingerprint density at radius 2 is 2.29 bits per heavy atom. The zero-order chi connectivity index (χ0) is 17.1. The van der Waals surface area contributed by atoms with Gasteiger partial charge in [0.2, 0.25) is 0 Å². The van der Waals surface area contributed by atoms with Gasteiger partial charge in [-0.05, 0) is 31.5 Å². The van der Waals surface area contributed by atoms with E-state index < -0.39 is 5.97 Å². The van der Waals surface area contributed by atoms with Gasteiger partial charge in [0.15, 0.2) is 11.5 Å². The molecule has 8 nitrogen and oxygen atoms in total. The molecule has 0 bridgehead atoms. The predicted molar refractivity (Wildman–Crippen MR) is 85.4 cm³/mol. The van der Waals surface area contributed by atoms with Gasteiger partial charge in [0, 0.05) is 18.2 Å². The number of likely N-dealkylation sites (N-methyl/N-ethyl adjacent to an activating group) is 1. The largest absolute Gasteiger partial charge is 0.480 e. The topological polar surface area (TPSA) is 111 Å². The van der Waals surface area contributed by atoms with Crippen LogP contribution >= 0.6 is 0 Å². The summed E-state index contributed by atoms with van der Waals surface area (Å²) in [6.45, 7) is 2.66. The number of amides is 1. The average Bonchev–Trinajstić information content (AvgIpc) is 3.18. The molecular formula is C16H20N4O4. The summed E-state index contributed by atoms with van der Waals surface area (Å²) in [5.41, 5.74) is 0.956. The molecular weight excluding hydrogens is 312 g/mol. The van der Waals surface area contributed by atoms with Crippen molar-refractivity contribution >= 4 is 11.9 Å². The van der Waals surface area contributed by atoms with Crippen LogP contribution in [0.15, 0.2) is 28.9 Å². The Bertz CT molecular complexity index is 703. The molecule has 128 valence electrons. The summed E-state index contributed by atoms with van der Waals surface area (Å²) in [4.78, 5) is 25.0. The van der Waals surface area contributed by atoms with Crippen molar-refractivity contribution in [1.82, 2.24) is 20.4 Å². The van der Waals surface area contributed by atoms with Crippen LogP contribution in [0.25, 0.3) is 11.5 Å². The molecule has 8 heteroatoms. The molecule has 0 unspecified atom stereocenters. The molecule has 1 aliphatic rings. The number of nitrogens with zero attached hydrogens (tertiary/aromatic N) is 2. The van der Waals surface area contributed by atoms with Crippen molar-refractivity contribution < 1.29 is 19.1 Å². The van der Waals surface area contributed by atoms with E-state index in [-0.39, 0.29) is 24.5 Å². The van der Waals surface area contributed by atoms with Crippen LogP contribution in [0.3, 0.4) is 0 Å². The maximum absolute atomic E-state index is 12.2. The molecule has 2 aromatic heterocycles. The van der Waals surface area contributed by atoms with Crippen LogP contribution in [0.1, 0.15) is 30.3 Å². The fourth-order valence-corrected chi connectivity index (χ4v) is 2.93. The Morgan fingerprint density at radius 3 is 2.92 bits per heavy atom. The van der Waals surface area contributed by atoms with E-state index in [1.807, 2.05) is 11.8 Å². The first-order valence-corrected chi connectivity index (χ1v) is 7.92. The van der Waals surface area contributed by atoms with Gasteiger partial charge in [-0.3, -0.25) is 19.6 Å². The lowest BCUT2D eigenvalue weighted by Crippen LogP contribution is -2.54. The molecule has 1 saturated carbocycles. The van der Waals surface area contributed by atoms with Crippen molar-refractivity contribution in [3.63, 3.8) is 0 Å². The summed E-state index contributed by atoms with van der Waals surface area (Å²) in [6, 6.07) is 5.45. The fraction of sp³-hybridized carbons (Fsp3) is 0.438. The van der Waals surface area contributed by atoms with Gasteiger partial charge < -0.3 is 14.8 Å². The van der Waals surface area contributed by atoms with E-state index in [1.165, 1.54) is 0 Å². The number of carboxylic acids is 1. The summed E-state index contributed by atoms with van der Waals surface area (Å²) in [5, 5.41) is 18.6. The second-order valence-electron chi connectivity index (χ2n) is 5.90. The summed E-state index contributed by atoms with van der Waals surface area (Å²) in [7, 11) is 0. The molecule has 0 atom stereocenters. The van der Waals surface area contributed by atoms with Gasteiger partial charge in [-0.15, -0.1) is 0 Å². The monoisotopic (exact) mass is 332 g/mol. The quantitative estimate of drug-likeness (QED) is 0.705. The standard InChI is InChI=1S/C16H20N4O4/c1-2-20(9-15(21)22)11-6-10(7-11)17-16(23)13-8-12(18-19-13)14-4-3-5-24-14/h3-5,8,10-11H,2,6-7,9H2,1H3,(H,17,23)(H,18,19)(H,21,22). The Morgan fingerprint density at radius 1 is 1.50 bits per heavy atom. The highest BCUT2D eigenvalue weighted by Gasteiger charge is 2.35. The van der Waals surface area contributed by atoms with E-state index in [0.717, 1.165) is 12.8 Å². The third-order valence-corrected chi connectivity index (χ3v) is 4.31. The smallest absolute Gasteiger partial charge is 0.317 e. The minimum Gasteiger partial charge on any atom is -0.480 e. The maximum atomic E-state index is 12.2. The number of hydrogen-bond acceptors (Lipinski definition) is 5. The molecule has 2 heterocycles. The molecule has 1 amide bonds. The van der Waals surface area contributed by atoms with Crippen molar-refractivity contribution in [3.05, 3.63) is 30.2 Å². The number of hydrogen-bond donors (Lipinski definition) is 3. The highest BCUT2D eigenvalue weighted by Crippen LogP contribution is 2.26. The normalized spacial score (nSPS) is 19.9. The molecule has 3 N–H and O–H groups in total. The lowest BCUT2D eigenvalue weighted by Gasteiger charge is -2.42. The van der Waals surface area contributed by atoms with E-state index in [4.69, 9.17) is 9.52 Å². The van der Waals surface area contributed by atoms with Crippen LogP contribution in [0.2, 0.25) is 0 Å². The number of nitrogens with one attached hydrogen (secondary N) is 2. The Labute approximate surface area is 138 Å². The summed E-state index contributed by atoms with van der Waals surface area (Å²) in [5.74, 6) is -0.447. The number of furan rings is 1. The summed E-state index contributed by atoms with van der Waals surface area (Å²) < 4.78 is 5.25. The van der Waals surface area contributed by atoms with Gasteiger partial charge in [0.1, 0.15) is 5.69 Å². The van der Waals surface area contributed by atoms with Crippen molar-refractivity contribution in [3.8, 4) is 11.5 Å². The zero-order valence-corrected chi connectivity index (χ0v) is 13.4. The summed E-state index contributed by atoms with van der Waals surface area (Å²) >= 11 is 0. The van der Waals surface area contributed by atoms with Crippen LogP contribution in [0.5, 0.6) is 0 Å². The Hall–Kier alpha value is -2.61. The fourth-order valence-electron chi connectivity index (χ4n) is 2.93. The lowest BCUT2D eigenvalue weighted by molar-refractivity contribution is -0.139. The van der Waals surface area contributed by atoms with Gasteiger partial charge in [-0.1, -0.05) is 6.92 Å². The first-order chi connectivity index (χ1) is 11.6. The number of aromatic amines is 1. The van der Waals surface area contributed by atoms with E-state index in [2.05, 4.69) is 15.5 Å². The highest BCUT2D eigenvalue weighted by molar-refractivity contribution is 5.93. The number of carboxylic acid groups (broad SMARTS) is 1. The van der Waals surface area contributed by atoms with E-state index in [9.17, 15) is 9.59 Å². The number of rotatable bonds is 7. The van der Waals surface area contributed by atoms with E-state index >= 15 is 0 Å². The van der Waals surface area contributed by atoms with Gasteiger partial charge >= 0.3 is 5.97 Å². The lowest BCUT2D eigenvalue weighted by atomic mass is 9.85. The molecule has 0 saturated heterocycles. The van der Waals surface area contributed by atoms with Crippen molar-refractivity contribution in [1.29, 1.82) is 0 Å². The number of aromatic nitrogens is 2. The number of carbonyl (C=O) groups is 2.